The van der Waals surface area contributed by atoms with Gasteiger partial charge in [-0.25, -0.2) is 0 Å². The number of hydrogen-bond donors (Lipinski definition) is 7. The number of nitrogens with one attached hydrogen (secondary N) is 3. The Balaban J connectivity index is 4.55. The van der Waals surface area contributed by atoms with Crippen molar-refractivity contribution in [3.05, 3.63) is 0 Å². The fourth-order valence-electron chi connectivity index (χ4n) is 1.96. The first-order valence-corrected chi connectivity index (χ1v) is 9.93. The van der Waals surface area contributed by atoms with Gasteiger partial charge in [-0.15, -0.1) is 0 Å². The summed E-state index contributed by atoms with van der Waals surface area (Å²) in [6.45, 7) is -0.608. The van der Waals surface area contributed by atoms with Crippen molar-refractivity contribution in [2.24, 2.45) is 22.2 Å². The van der Waals surface area contributed by atoms with Crippen molar-refractivity contribution in [2.45, 2.75) is 31.3 Å². The third-order valence-electron chi connectivity index (χ3n) is 3.41. The van der Waals surface area contributed by atoms with Crippen molar-refractivity contribution in [1.29, 1.82) is 0 Å². The molecule has 160 valence electrons. The first-order valence-electron chi connectivity index (χ1n) is 8.53. The SMILES string of the molecule is CSCCC(NC(=O)C(N)CCCN=C(N)N)C(=O)NCC(=O)NCC(=O)O. The van der Waals surface area contributed by atoms with Crippen LogP contribution in [0.5, 0.6) is 0 Å². The first kappa shape index (κ1) is 25.5. The number of aliphatic imine (C=N–C) groups is 1. The quantitative estimate of drug-likeness (QED) is 0.0861. The van der Waals surface area contributed by atoms with Gasteiger partial charge in [-0.3, -0.25) is 24.2 Å². The molecule has 0 rings (SSSR count). The van der Waals surface area contributed by atoms with E-state index in [4.69, 9.17) is 22.3 Å². The number of thioether (sulfide) groups is 1. The minimum atomic E-state index is -1.20. The number of amides is 3. The Morgan fingerprint density at radius 1 is 1.07 bits per heavy atom. The Kier molecular flexibility index (Phi) is 13.2. The number of guanidine groups is 1. The van der Waals surface area contributed by atoms with E-state index in [1.165, 1.54) is 11.8 Å². The molecule has 12 nitrogen and oxygen atoms in total. The highest BCUT2D eigenvalue weighted by Crippen LogP contribution is 2.03. The van der Waals surface area contributed by atoms with E-state index in [1.54, 1.807) is 0 Å². The normalized spacial score (nSPS) is 12.4. The summed E-state index contributed by atoms with van der Waals surface area (Å²) >= 11 is 1.49. The van der Waals surface area contributed by atoms with Crippen molar-refractivity contribution in [3.63, 3.8) is 0 Å². The lowest BCUT2D eigenvalue weighted by molar-refractivity contribution is -0.138. The number of hydrogen-bond acceptors (Lipinski definition) is 7. The maximum atomic E-state index is 12.3. The van der Waals surface area contributed by atoms with Crippen LogP contribution in [0, 0.1) is 0 Å². The molecule has 0 aliphatic carbocycles. The minimum absolute atomic E-state index is 0.0424. The average Bonchev–Trinajstić information content (AvgIpc) is 2.64. The molecule has 0 heterocycles. The van der Waals surface area contributed by atoms with Crippen LogP contribution < -0.4 is 33.2 Å². The van der Waals surface area contributed by atoms with Gasteiger partial charge in [0.05, 0.1) is 12.6 Å². The summed E-state index contributed by atoms with van der Waals surface area (Å²) in [4.78, 5) is 50.2. The van der Waals surface area contributed by atoms with Crippen molar-refractivity contribution < 1.29 is 24.3 Å². The van der Waals surface area contributed by atoms with Gasteiger partial charge in [0.2, 0.25) is 17.7 Å². The van der Waals surface area contributed by atoms with Crippen LogP contribution in [-0.4, -0.2) is 78.5 Å². The third-order valence-corrected chi connectivity index (χ3v) is 4.05. The minimum Gasteiger partial charge on any atom is -0.480 e. The molecule has 0 aliphatic heterocycles. The summed E-state index contributed by atoms with van der Waals surface area (Å²) in [5, 5.41) is 15.6. The maximum Gasteiger partial charge on any atom is 0.322 e. The molecule has 0 spiro atoms. The summed E-state index contributed by atoms with van der Waals surface area (Å²) in [6, 6.07) is -1.70. The number of aliphatic carboxylic acids is 1. The van der Waals surface area contributed by atoms with Gasteiger partial charge in [0.1, 0.15) is 12.6 Å². The molecule has 0 fully saturated rings. The predicted molar refractivity (Wildman–Crippen MR) is 106 cm³/mol. The number of rotatable bonds is 14. The van der Waals surface area contributed by atoms with Gasteiger partial charge >= 0.3 is 5.97 Å². The van der Waals surface area contributed by atoms with E-state index in [2.05, 4.69) is 20.9 Å². The van der Waals surface area contributed by atoms with Gasteiger partial charge in [0.15, 0.2) is 5.96 Å². The zero-order chi connectivity index (χ0) is 21.5. The van der Waals surface area contributed by atoms with Gasteiger partial charge in [-0.1, -0.05) is 0 Å². The largest absolute Gasteiger partial charge is 0.480 e. The van der Waals surface area contributed by atoms with Crippen molar-refractivity contribution in [2.75, 3.05) is 31.6 Å². The van der Waals surface area contributed by atoms with Gasteiger partial charge in [0, 0.05) is 6.54 Å². The summed E-state index contributed by atoms with van der Waals surface area (Å²) in [5.74, 6) is -2.34. The first-order chi connectivity index (χ1) is 13.2. The second-order valence-corrected chi connectivity index (χ2v) is 6.77. The van der Waals surface area contributed by atoms with E-state index in [9.17, 15) is 19.2 Å². The predicted octanol–water partition coefficient (Wildman–Crippen LogP) is -3.08. The topological polar surface area (TPSA) is 215 Å². The highest BCUT2D eigenvalue weighted by Gasteiger charge is 2.23. The molecule has 0 aromatic rings. The standard InChI is InChI=1S/C15H29N7O5S/c1-28-6-4-10(14(27)21-7-11(23)20-8-12(24)25)22-13(26)9(16)3-2-5-19-15(17)18/h9-10H,2-8,16H2,1H3,(H,20,23)(H,21,27)(H,22,26)(H,24,25)(H4,17,18,19). The highest BCUT2D eigenvalue weighted by atomic mass is 32.2. The van der Waals surface area contributed by atoms with E-state index >= 15 is 0 Å². The molecule has 2 unspecified atom stereocenters. The average molecular weight is 420 g/mol. The molecule has 13 heteroatoms. The molecule has 0 saturated carbocycles. The number of carbonyl (C=O) groups excluding carboxylic acids is 3. The Labute approximate surface area is 167 Å². The zero-order valence-corrected chi connectivity index (χ0v) is 16.6. The van der Waals surface area contributed by atoms with Crippen molar-refractivity contribution in [1.82, 2.24) is 16.0 Å². The zero-order valence-electron chi connectivity index (χ0n) is 15.8. The highest BCUT2D eigenvalue weighted by molar-refractivity contribution is 7.98. The number of carboxylic acid groups (broad SMARTS) is 1. The van der Waals surface area contributed by atoms with Crippen LogP contribution in [0.1, 0.15) is 19.3 Å². The Morgan fingerprint density at radius 2 is 1.75 bits per heavy atom. The Morgan fingerprint density at radius 3 is 2.32 bits per heavy atom. The fraction of sp³-hybridized carbons (Fsp3) is 0.667. The van der Waals surface area contributed by atoms with E-state index in [0.29, 0.717) is 31.6 Å². The van der Waals surface area contributed by atoms with Crippen molar-refractivity contribution in [3.8, 4) is 0 Å². The van der Waals surface area contributed by atoms with Crippen LogP contribution >= 0.6 is 11.8 Å². The summed E-state index contributed by atoms with van der Waals surface area (Å²) in [5.41, 5.74) is 16.2. The monoisotopic (exact) mass is 419 g/mol. The maximum absolute atomic E-state index is 12.3. The molecule has 0 aromatic heterocycles. The van der Waals surface area contributed by atoms with E-state index in [-0.39, 0.29) is 5.96 Å². The number of carbonyl (C=O) groups is 4. The van der Waals surface area contributed by atoms with Crippen LogP contribution in [0.15, 0.2) is 4.99 Å². The molecule has 0 bridgehead atoms. The molecule has 0 aromatic carbocycles. The van der Waals surface area contributed by atoms with Crippen molar-refractivity contribution >= 4 is 41.4 Å². The molecule has 2 atom stereocenters. The molecule has 0 radical (unpaired) electrons. The summed E-state index contributed by atoms with van der Waals surface area (Å²) in [6.07, 6.45) is 3.02. The van der Waals surface area contributed by atoms with E-state index in [1.807, 2.05) is 6.26 Å². The second kappa shape index (κ2) is 14.5. The lowest BCUT2D eigenvalue weighted by atomic mass is 10.1. The molecule has 0 saturated heterocycles. The van der Waals surface area contributed by atoms with E-state index in [0.717, 1.165) is 0 Å². The van der Waals surface area contributed by atoms with Crippen LogP contribution in [0.3, 0.4) is 0 Å². The number of nitrogens with zero attached hydrogens (tertiary/aromatic N) is 1. The number of carboxylic acids is 1. The van der Waals surface area contributed by atoms with Gasteiger partial charge in [-0.2, -0.15) is 11.8 Å². The fourth-order valence-corrected chi connectivity index (χ4v) is 2.43. The number of nitrogens with two attached hydrogens (primary N) is 3. The van der Waals surface area contributed by atoms with Gasteiger partial charge in [0.25, 0.3) is 0 Å². The molecular weight excluding hydrogens is 390 g/mol. The Hall–Kier alpha value is -2.54. The molecule has 28 heavy (non-hydrogen) atoms. The summed E-state index contributed by atoms with van der Waals surface area (Å²) < 4.78 is 0. The van der Waals surface area contributed by atoms with Gasteiger partial charge in [-0.05, 0) is 31.3 Å². The van der Waals surface area contributed by atoms with Crippen LogP contribution in [0.2, 0.25) is 0 Å². The molecular formula is C15H29N7O5S. The molecule has 0 aliphatic rings. The van der Waals surface area contributed by atoms with E-state index < -0.39 is 48.9 Å². The van der Waals surface area contributed by atoms with Crippen LogP contribution in [-0.2, 0) is 19.2 Å². The molecule has 10 N–H and O–H groups in total. The van der Waals surface area contributed by atoms with Crippen LogP contribution in [0.4, 0.5) is 0 Å². The second-order valence-electron chi connectivity index (χ2n) is 5.79. The van der Waals surface area contributed by atoms with Crippen LogP contribution in [0.25, 0.3) is 0 Å². The smallest absolute Gasteiger partial charge is 0.322 e. The summed E-state index contributed by atoms with van der Waals surface area (Å²) in [7, 11) is 0. The Bertz CT molecular complexity index is 569. The lowest BCUT2D eigenvalue weighted by Gasteiger charge is -2.20. The van der Waals surface area contributed by atoms with Gasteiger partial charge < -0.3 is 38.3 Å². The molecule has 3 amide bonds. The third kappa shape index (κ3) is 12.8. The lowest BCUT2D eigenvalue weighted by Crippen LogP contribution is -2.53.